The van der Waals surface area contributed by atoms with Gasteiger partial charge in [0.2, 0.25) is 5.43 Å². The monoisotopic (exact) mass is 527 g/mol. The minimum atomic E-state index is -1.17. The molecule has 1 aromatic heterocycles. The lowest BCUT2D eigenvalue weighted by Gasteiger charge is -2.21. The van der Waals surface area contributed by atoms with Crippen LogP contribution in [0.2, 0.25) is 0 Å². The van der Waals surface area contributed by atoms with Gasteiger partial charge in [-0.15, -0.1) is 11.8 Å². The summed E-state index contributed by atoms with van der Waals surface area (Å²) in [5.41, 5.74) is 3.02. The molecule has 200 valence electrons. The summed E-state index contributed by atoms with van der Waals surface area (Å²) in [6.45, 7) is 8.55. The Morgan fingerprint density at radius 3 is 2.53 bits per heavy atom. The number of ether oxygens (including phenoxy) is 2. The molecule has 2 aromatic rings. The maximum atomic E-state index is 13.2. The van der Waals surface area contributed by atoms with E-state index in [0.717, 1.165) is 10.4 Å². The van der Waals surface area contributed by atoms with Gasteiger partial charge in [0.05, 0.1) is 12.1 Å². The Hall–Kier alpha value is -3.12. The largest absolute Gasteiger partial charge is 0.483 e. The molecular formula is C24H34FN3O7S. The molecule has 1 amide bonds. The second-order valence-corrected chi connectivity index (χ2v) is 8.48. The first-order valence-corrected chi connectivity index (χ1v) is 12.6. The zero-order valence-electron chi connectivity index (χ0n) is 21.0. The molecule has 0 saturated carbocycles. The van der Waals surface area contributed by atoms with Gasteiger partial charge >= 0.3 is 12.1 Å². The van der Waals surface area contributed by atoms with Crippen LogP contribution in [-0.4, -0.2) is 71.4 Å². The van der Waals surface area contributed by atoms with E-state index < -0.39 is 18.2 Å². The van der Waals surface area contributed by atoms with E-state index in [1.54, 1.807) is 31.1 Å². The number of carbonyl (C=O) groups is 3. The molecule has 0 radical (unpaired) electrons. The van der Waals surface area contributed by atoms with E-state index in [1.807, 2.05) is 30.5 Å². The van der Waals surface area contributed by atoms with E-state index >= 15 is 0 Å². The second kappa shape index (κ2) is 16.5. The standard InChI is InChI=1S/C23H32FN3O5S.CH2O2/c1-5-16(24)15-32-23(30)25-27(7-3)11-12-33-17-9-10-20-18(13-17)21(28)19(14-26(20)6-2)22(29)31-8-4;2-1-3/h9-10,13-14,16H,5-8,11-12,15H2,1-4H3,(H,25,30);1H,(H,2,3). The number of nitrogens with zero attached hydrogens (tertiary/aromatic N) is 2. The van der Waals surface area contributed by atoms with E-state index in [0.29, 0.717) is 30.8 Å². The molecule has 1 unspecified atom stereocenters. The molecule has 0 aliphatic rings. The van der Waals surface area contributed by atoms with Crippen molar-refractivity contribution in [3.63, 3.8) is 0 Å². The van der Waals surface area contributed by atoms with Crippen molar-refractivity contribution in [1.82, 2.24) is 15.0 Å². The van der Waals surface area contributed by atoms with Gasteiger partial charge < -0.3 is 19.1 Å². The lowest BCUT2D eigenvalue weighted by atomic mass is 10.1. The Bertz CT molecular complexity index is 1060. The molecule has 0 aliphatic carbocycles. The third-order valence-electron chi connectivity index (χ3n) is 4.99. The highest BCUT2D eigenvalue weighted by molar-refractivity contribution is 7.99. The summed E-state index contributed by atoms with van der Waals surface area (Å²) >= 11 is 1.52. The summed E-state index contributed by atoms with van der Waals surface area (Å²) < 4.78 is 25.0. The molecule has 1 heterocycles. The number of alkyl halides is 1. The summed E-state index contributed by atoms with van der Waals surface area (Å²) in [5, 5.41) is 9.02. The molecule has 2 N–H and O–H groups in total. The Morgan fingerprint density at radius 2 is 1.94 bits per heavy atom. The van der Waals surface area contributed by atoms with Gasteiger partial charge in [0.1, 0.15) is 18.3 Å². The smallest absolute Gasteiger partial charge is 0.421 e. The summed E-state index contributed by atoms with van der Waals surface area (Å²) in [6.07, 6.45) is -0.0193. The van der Waals surface area contributed by atoms with Crippen LogP contribution in [0, 0.1) is 0 Å². The van der Waals surface area contributed by atoms with E-state index in [9.17, 15) is 18.8 Å². The van der Waals surface area contributed by atoms with Crippen LogP contribution in [-0.2, 0) is 20.8 Å². The van der Waals surface area contributed by atoms with Crippen LogP contribution in [0.25, 0.3) is 10.9 Å². The predicted octanol–water partition coefficient (Wildman–Crippen LogP) is 3.70. The molecule has 0 bridgehead atoms. The molecule has 12 heteroatoms. The molecule has 0 fully saturated rings. The average molecular weight is 528 g/mol. The number of esters is 1. The van der Waals surface area contributed by atoms with Crippen molar-refractivity contribution >= 4 is 41.2 Å². The lowest BCUT2D eigenvalue weighted by Crippen LogP contribution is -2.44. The summed E-state index contributed by atoms with van der Waals surface area (Å²) in [4.78, 5) is 46.2. The fourth-order valence-corrected chi connectivity index (χ4v) is 4.01. The third kappa shape index (κ3) is 9.50. The van der Waals surface area contributed by atoms with E-state index in [2.05, 4.69) is 5.43 Å². The van der Waals surface area contributed by atoms with Crippen LogP contribution in [0.3, 0.4) is 0 Å². The average Bonchev–Trinajstić information content (AvgIpc) is 2.87. The lowest BCUT2D eigenvalue weighted by molar-refractivity contribution is -0.122. The number of fused-ring (bicyclic) bond motifs is 1. The number of carboxylic acid groups (broad SMARTS) is 1. The number of hydrogen-bond donors (Lipinski definition) is 2. The molecule has 2 rings (SSSR count). The number of halogens is 1. The van der Waals surface area contributed by atoms with Gasteiger partial charge in [-0.05, 0) is 38.5 Å². The van der Waals surface area contributed by atoms with Crippen LogP contribution in [0.4, 0.5) is 9.18 Å². The highest BCUT2D eigenvalue weighted by Crippen LogP contribution is 2.23. The number of benzene rings is 1. The molecule has 0 spiro atoms. The van der Waals surface area contributed by atoms with Gasteiger partial charge in [0.15, 0.2) is 0 Å². The number of nitrogens with one attached hydrogen (secondary N) is 1. The van der Waals surface area contributed by atoms with Crippen LogP contribution in [0.1, 0.15) is 44.5 Å². The van der Waals surface area contributed by atoms with E-state index in [1.165, 1.54) is 11.8 Å². The fourth-order valence-electron chi connectivity index (χ4n) is 3.09. The summed E-state index contributed by atoms with van der Waals surface area (Å²) in [6, 6.07) is 5.57. The van der Waals surface area contributed by atoms with Gasteiger partial charge in [-0.25, -0.2) is 19.0 Å². The minimum absolute atomic E-state index is 0.0202. The number of pyridine rings is 1. The van der Waals surface area contributed by atoms with E-state index in [-0.39, 0.29) is 37.1 Å². The Kier molecular flexibility index (Phi) is 14.2. The van der Waals surface area contributed by atoms with Gasteiger partial charge in [-0.3, -0.25) is 15.0 Å². The number of aryl methyl sites for hydroxylation is 1. The number of aromatic nitrogens is 1. The molecular weight excluding hydrogens is 493 g/mol. The van der Waals surface area contributed by atoms with Crippen molar-refractivity contribution in [3.05, 3.63) is 40.2 Å². The van der Waals surface area contributed by atoms with Gasteiger partial charge in [-0.1, -0.05) is 13.8 Å². The van der Waals surface area contributed by atoms with Crippen molar-refractivity contribution in [2.24, 2.45) is 0 Å². The normalized spacial score (nSPS) is 11.4. The summed E-state index contributed by atoms with van der Waals surface area (Å²) in [5.74, 6) is -0.000861. The Morgan fingerprint density at radius 1 is 1.25 bits per heavy atom. The first kappa shape index (κ1) is 30.9. The van der Waals surface area contributed by atoms with Crippen LogP contribution in [0.5, 0.6) is 0 Å². The van der Waals surface area contributed by atoms with Crippen molar-refractivity contribution in [2.45, 2.75) is 51.7 Å². The number of carbonyl (C=O) groups excluding carboxylic acids is 2. The maximum Gasteiger partial charge on any atom is 0.421 e. The first-order chi connectivity index (χ1) is 17.3. The predicted molar refractivity (Wildman–Crippen MR) is 136 cm³/mol. The SMILES string of the molecule is CCOC(=O)c1cn(CC)c2ccc(SCCN(CC)NC(=O)OCC(F)CC)cc2c1=O.O=CO. The third-order valence-corrected chi connectivity index (χ3v) is 5.96. The van der Waals surface area contributed by atoms with Crippen molar-refractivity contribution < 1.29 is 33.4 Å². The van der Waals surface area contributed by atoms with E-state index in [4.69, 9.17) is 19.4 Å². The highest BCUT2D eigenvalue weighted by atomic mass is 32.2. The van der Waals surface area contributed by atoms with Gasteiger partial charge in [0.25, 0.3) is 6.47 Å². The van der Waals surface area contributed by atoms with Crippen molar-refractivity contribution in [1.29, 1.82) is 0 Å². The molecule has 36 heavy (non-hydrogen) atoms. The molecule has 10 nitrogen and oxygen atoms in total. The molecule has 0 saturated heterocycles. The van der Waals surface area contributed by atoms with Crippen molar-refractivity contribution in [2.75, 3.05) is 32.1 Å². The molecule has 1 atom stereocenters. The van der Waals surface area contributed by atoms with Crippen LogP contribution in [0.15, 0.2) is 34.1 Å². The number of hydrazine groups is 1. The highest BCUT2D eigenvalue weighted by Gasteiger charge is 2.17. The first-order valence-electron chi connectivity index (χ1n) is 11.6. The number of rotatable bonds is 12. The zero-order valence-corrected chi connectivity index (χ0v) is 21.8. The van der Waals surface area contributed by atoms with Crippen LogP contribution < -0.4 is 10.9 Å². The summed E-state index contributed by atoms with van der Waals surface area (Å²) in [7, 11) is 0. The quantitative estimate of drug-likeness (QED) is 0.184. The topological polar surface area (TPSA) is 127 Å². The van der Waals surface area contributed by atoms with Gasteiger partial charge in [0, 0.05) is 41.9 Å². The molecule has 1 aromatic carbocycles. The number of amides is 1. The minimum Gasteiger partial charge on any atom is -0.483 e. The Balaban J connectivity index is 0.00000205. The van der Waals surface area contributed by atoms with Crippen LogP contribution >= 0.6 is 11.8 Å². The van der Waals surface area contributed by atoms with Gasteiger partial charge in [-0.2, -0.15) is 0 Å². The second-order valence-electron chi connectivity index (χ2n) is 7.31. The number of hydrogen-bond acceptors (Lipinski definition) is 8. The number of thioether (sulfide) groups is 1. The zero-order chi connectivity index (χ0) is 27.1. The fraction of sp³-hybridized carbons (Fsp3) is 0.500. The van der Waals surface area contributed by atoms with Crippen molar-refractivity contribution in [3.8, 4) is 0 Å². The maximum absolute atomic E-state index is 13.2. The Labute approximate surface area is 213 Å². The molecule has 0 aliphatic heterocycles.